The molecule has 0 radical (unpaired) electrons. The zero-order valence-corrected chi connectivity index (χ0v) is 11.8. The predicted molar refractivity (Wildman–Crippen MR) is 78.5 cm³/mol. The molecule has 0 N–H and O–H groups in total. The lowest BCUT2D eigenvalue weighted by molar-refractivity contribution is -0.144. The number of benzene rings is 2. The Hall–Kier alpha value is -2.36. The highest BCUT2D eigenvalue weighted by Gasteiger charge is 2.31. The number of hydrogen-bond donors (Lipinski definition) is 0. The number of Topliss-reactive ketones (excluding diaryl/α,β-unsaturated/α-hetero) is 1. The fourth-order valence-corrected chi connectivity index (χ4v) is 2.18. The molecule has 1 fully saturated rings. The molecule has 2 aromatic carbocycles. The fourth-order valence-electron chi connectivity index (χ4n) is 2.18. The van der Waals surface area contributed by atoms with Crippen molar-refractivity contribution in [2.75, 3.05) is 13.7 Å². The van der Waals surface area contributed by atoms with Crippen LogP contribution in [0, 0.1) is 5.92 Å². The highest BCUT2D eigenvalue weighted by atomic mass is 16.5. The fraction of sp³-hybridized carbons (Fsp3) is 0.294. The van der Waals surface area contributed by atoms with Gasteiger partial charge in [0, 0.05) is 5.56 Å². The van der Waals surface area contributed by atoms with Crippen molar-refractivity contribution in [2.45, 2.75) is 12.8 Å². The quantitative estimate of drug-likeness (QED) is 0.625. The third-order valence-corrected chi connectivity index (χ3v) is 3.63. The van der Waals surface area contributed by atoms with Gasteiger partial charge in [-0.15, -0.1) is 0 Å². The highest BCUT2D eigenvalue weighted by Crippen LogP contribution is 2.30. The number of fused-ring (bicyclic) bond motifs is 1. The van der Waals surface area contributed by atoms with Crippen LogP contribution in [-0.4, -0.2) is 25.5 Å². The van der Waals surface area contributed by atoms with Crippen LogP contribution in [0.5, 0.6) is 5.75 Å². The smallest absolute Gasteiger partial charge is 0.309 e. The van der Waals surface area contributed by atoms with Crippen molar-refractivity contribution in [2.24, 2.45) is 5.92 Å². The van der Waals surface area contributed by atoms with E-state index in [4.69, 9.17) is 9.47 Å². The molecule has 0 aromatic heterocycles. The number of carbonyl (C=O) groups is 2. The minimum absolute atomic E-state index is 0.0156. The predicted octanol–water partition coefficient (Wildman–Crippen LogP) is 2.98. The van der Waals surface area contributed by atoms with Crippen molar-refractivity contribution in [3.8, 4) is 5.75 Å². The summed E-state index contributed by atoms with van der Waals surface area (Å²) in [5.74, 6) is 0.359. The summed E-state index contributed by atoms with van der Waals surface area (Å²) in [6, 6.07) is 11.1. The second kappa shape index (κ2) is 5.56. The van der Waals surface area contributed by atoms with Gasteiger partial charge in [-0.25, -0.2) is 0 Å². The van der Waals surface area contributed by atoms with E-state index in [0.29, 0.717) is 5.56 Å². The maximum absolute atomic E-state index is 12.1. The summed E-state index contributed by atoms with van der Waals surface area (Å²) >= 11 is 0. The number of rotatable bonds is 5. The standard InChI is InChI=1S/C17H16O4/c1-20-15-7-6-12-8-14(5-4-13(12)9-15)16(18)10-21-17(19)11-2-3-11/h4-9,11H,2-3,10H2,1H3. The van der Waals surface area contributed by atoms with E-state index in [0.717, 1.165) is 29.4 Å². The summed E-state index contributed by atoms with van der Waals surface area (Å²) in [7, 11) is 1.62. The lowest BCUT2D eigenvalue weighted by Gasteiger charge is -2.06. The first-order valence-electron chi connectivity index (χ1n) is 6.95. The van der Waals surface area contributed by atoms with Crippen LogP contribution in [0.25, 0.3) is 10.8 Å². The Morgan fingerprint density at radius 3 is 2.52 bits per heavy atom. The van der Waals surface area contributed by atoms with Crippen molar-refractivity contribution in [3.05, 3.63) is 42.0 Å². The molecule has 3 rings (SSSR count). The summed E-state index contributed by atoms with van der Waals surface area (Å²) < 4.78 is 10.2. The van der Waals surface area contributed by atoms with Gasteiger partial charge in [0.05, 0.1) is 13.0 Å². The van der Waals surface area contributed by atoms with Crippen molar-refractivity contribution in [3.63, 3.8) is 0 Å². The molecule has 1 aliphatic rings. The van der Waals surface area contributed by atoms with Gasteiger partial charge in [-0.3, -0.25) is 9.59 Å². The first kappa shape index (κ1) is 13.6. The van der Waals surface area contributed by atoms with Crippen LogP contribution in [0.2, 0.25) is 0 Å². The molecule has 0 amide bonds. The van der Waals surface area contributed by atoms with E-state index < -0.39 is 0 Å². The third-order valence-electron chi connectivity index (χ3n) is 3.63. The second-order valence-electron chi connectivity index (χ2n) is 5.23. The lowest BCUT2D eigenvalue weighted by atomic mass is 10.0. The number of carbonyl (C=O) groups excluding carboxylic acids is 2. The van der Waals surface area contributed by atoms with Crippen LogP contribution in [-0.2, 0) is 9.53 Å². The average Bonchev–Trinajstić information content (AvgIpc) is 3.36. The monoisotopic (exact) mass is 284 g/mol. The molecule has 4 nitrogen and oxygen atoms in total. The Morgan fingerprint density at radius 1 is 1.10 bits per heavy atom. The average molecular weight is 284 g/mol. The Balaban J connectivity index is 1.73. The molecule has 1 saturated carbocycles. The molecule has 21 heavy (non-hydrogen) atoms. The number of ketones is 1. The zero-order valence-electron chi connectivity index (χ0n) is 11.8. The molecule has 1 aliphatic carbocycles. The Bertz CT molecular complexity index is 701. The Morgan fingerprint density at radius 2 is 1.81 bits per heavy atom. The van der Waals surface area contributed by atoms with Gasteiger partial charge in [-0.1, -0.05) is 18.2 Å². The van der Waals surface area contributed by atoms with E-state index in [1.54, 1.807) is 13.2 Å². The summed E-state index contributed by atoms with van der Waals surface area (Å²) in [5, 5.41) is 1.95. The molecule has 0 heterocycles. The number of methoxy groups -OCH3 is 1. The molecule has 0 saturated heterocycles. The Kier molecular flexibility index (Phi) is 3.60. The van der Waals surface area contributed by atoms with Gasteiger partial charge in [-0.2, -0.15) is 0 Å². The summed E-state index contributed by atoms with van der Waals surface area (Å²) in [5.41, 5.74) is 0.552. The van der Waals surface area contributed by atoms with Crippen molar-refractivity contribution < 1.29 is 19.1 Å². The molecule has 2 aromatic rings. The second-order valence-corrected chi connectivity index (χ2v) is 5.23. The van der Waals surface area contributed by atoms with Gasteiger partial charge in [-0.05, 0) is 41.8 Å². The van der Waals surface area contributed by atoms with Crippen molar-refractivity contribution in [1.29, 1.82) is 0 Å². The molecule has 0 spiro atoms. The van der Waals surface area contributed by atoms with Crippen LogP contribution >= 0.6 is 0 Å². The molecule has 0 bridgehead atoms. The van der Waals surface area contributed by atoms with Gasteiger partial charge in [0.25, 0.3) is 0 Å². The van der Waals surface area contributed by atoms with Crippen molar-refractivity contribution in [1.82, 2.24) is 0 Å². The number of esters is 1. The van der Waals surface area contributed by atoms with E-state index in [9.17, 15) is 9.59 Å². The largest absolute Gasteiger partial charge is 0.497 e. The van der Waals surface area contributed by atoms with E-state index in [1.807, 2.05) is 30.3 Å². The van der Waals surface area contributed by atoms with E-state index >= 15 is 0 Å². The maximum atomic E-state index is 12.1. The maximum Gasteiger partial charge on any atom is 0.309 e. The minimum atomic E-state index is -0.256. The number of hydrogen-bond acceptors (Lipinski definition) is 4. The molecule has 108 valence electrons. The molecule has 0 atom stereocenters. The van der Waals surface area contributed by atoms with Crippen LogP contribution in [0.15, 0.2) is 36.4 Å². The summed E-state index contributed by atoms with van der Waals surface area (Å²) in [6.07, 6.45) is 1.76. The molecular weight excluding hydrogens is 268 g/mol. The number of ether oxygens (including phenoxy) is 2. The molecule has 0 aliphatic heterocycles. The van der Waals surface area contributed by atoms with Crippen molar-refractivity contribution >= 4 is 22.5 Å². The first-order chi connectivity index (χ1) is 10.2. The summed E-state index contributed by atoms with van der Waals surface area (Å²) in [4.78, 5) is 23.5. The van der Waals surface area contributed by atoms with E-state index in [2.05, 4.69) is 0 Å². The van der Waals surface area contributed by atoms with Crippen LogP contribution in [0.4, 0.5) is 0 Å². The minimum Gasteiger partial charge on any atom is -0.497 e. The lowest BCUT2D eigenvalue weighted by Crippen LogP contribution is -2.15. The van der Waals surface area contributed by atoms with Crippen LogP contribution in [0.3, 0.4) is 0 Å². The van der Waals surface area contributed by atoms with E-state index in [-0.39, 0.29) is 24.3 Å². The zero-order chi connectivity index (χ0) is 14.8. The third kappa shape index (κ3) is 3.05. The Labute approximate surface area is 122 Å². The molecular formula is C17H16O4. The molecule has 4 heteroatoms. The summed E-state index contributed by atoms with van der Waals surface area (Å²) in [6.45, 7) is -0.184. The van der Waals surface area contributed by atoms with Crippen LogP contribution < -0.4 is 4.74 Å². The molecule has 0 unspecified atom stereocenters. The van der Waals surface area contributed by atoms with Crippen LogP contribution in [0.1, 0.15) is 23.2 Å². The highest BCUT2D eigenvalue weighted by molar-refractivity contribution is 6.01. The van der Waals surface area contributed by atoms with Gasteiger partial charge in [0.15, 0.2) is 12.4 Å². The van der Waals surface area contributed by atoms with Gasteiger partial charge < -0.3 is 9.47 Å². The van der Waals surface area contributed by atoms with Gasteiger partial charge >= 0.3 is 5.97 Å². The van der Waals surface area contributed by atoms with E-state index in [1.165, 1.54) is 0 Å². The first-order valence-corrected chi connectivity index (χ1v) is 6.95. The van der Waals surface area contributed by atoms with Gasteiger partial charge in [0.2, 0.25) is 0 Å². The topological polar surface area (TPSA) is 52.6 Å². The SMILES string of the molecule is COc1ccc2cc(C(=O)COC(=O)C3CC3)ccc2c1. The normalized spacial score (nSPS) is 14.0. The van der Waals surface area contributed by atoms with Gasteiger partial charge in [0.1, 0.15) is 5.75 Å².